The minimum atomic E-state index is -0.279. The number of unbranched alkanes of at least 4 members (excludes halogenated alkanes) is 1. The number of benzene rings is 3. The molecule has 0 saturated heterocycles. The van der Waals surface area contributed by atoms with Crippen LogP contribution in [0.1, 0.15) is 47.7 Å². The Morgan fingerprint density at radius 1 is 0.973 bits per heavy atom. The van der Waals surface area contributed by atoms with Crippen LogP contribution in [0.15, 0.2) is 66.7 Å². The molecule has 0 aromatic heterocycles. The highest BCUT2D eigenvalue weighted by atomic mass is 35.5. The number of ether oxygens (including phenoxy) is 1. The number of aryl methyl sites for hydroxylation is 2. The number of para-hydroxylation sites is 1. The van der Waals surface area contributed by atoms with Gasteiger partial charge < -0.3 is 20.3 Å². The fourth-order valence-electron chi connectivity index (χ4n) is 4.18. The van der Waals surface area contributed by atoms with E-state index < -0.39 is 0 Å². The second-order valence-electron chi connectivity index (χ2n) is 9.32. The molecule has 0 saturated carbocycles. The van der Waals surface area contributed by atoms with Crippen LogP contribution in [0.3, 0.4) is 0 Å². The summed E-state index contributed by atoms with van der Waals surface area (Å²) < 4.78 is 5.03. The van der Waals surface area contributed by atoms with Crippen molar-refractivity contribution in [2.45, 2.75) is 39.0 Å². The SMILES string of the molecule is CCCCOC(=O)c1ccc(N)cc1.CN(C)CCCN1c2ccccc2CCc2ccc(Cl)cc21.Cl. The topological polar surface area (TPSA) is 58.8 Å². The lowest BCUT2D eigenvalue weighted by Crippen LogP contribution is -2.24. The Morgan fingerprint density at radius 2 is 1.65 bits per heavy atom. The molecule has 1 aliphatic heterocycles. The summed E-state index contributed by atoms with van der Waals surface area (Å²) >= 11 is 6.27. The van der Waals surface area contributed by atoms with Crippen molar-refractivity contribution < 1.29 is 9.53 Å². The van der Waals surface area contributed by atoms with Crippen LogP contribution in [0, 0.1) is 0 Å². The maximum absolute atomic E-state index is 11.4. The Hall–Kier alpha value is -2.73. The number of anilines is 3. The summed E-state index contributed by atoms with van der Waals surface area (Å²) in [6, 6.07) is 21.8. The van der Waals surface area contributed by atoms with Crippen molar-refractivity contribution in [2.24, 2.45) is 0 Å². The first-order valence-corrected chi connectivity index (χ1v) is 13.1. The molecule has 0 atom stereocenters. The van der Waals surface area contributed by atoms with Gasteiger partial charge in [-0.1, -0.05) is 49.2 Å². The summed E-state index contributed by atoms with van der Waals surface area (Å²) in [7, 11) is 4.25. The third kappa shape index (κ3) is 9.26. The van der Waals surface area contributed by atoms with Crippen LogP contribution >= 0.6 is 24.0 Å². The number of halogens is 2. The Balaban J connectivity index is 0.000000280. The zero-order valence-electron chi connectivity index (χ0n) is 22.1. The van der Waals surface area contributed by atoms with E-state index in [0.717, 1.165) is 50.2 Å². The predicted octanol–water partition coefficient (Wildman–Crippen LogP) is 7.18. The van der Waals surface area contributed by atoms with Gasteiger partial charge in [-0.15, -0.1) is 12.4 Å². The summed E-state index contributed by atoms with van der Waals surface area (Å²) in [5.41, 5.74) is 12.1. The van der Waals surface area contributed by atoms with Crippen molar-refractivity contribution in [3.63, 3.8) is 0 Å². The number of hydrogen-bond acceptors (Lipinski definition) is 5. The lowest BCUT2D eigenvalue weighted by Gasteiger charge is -2.27. The molecule has 0 unspecified atom stereocenters. The van der Waals surface area contributed by atoms with Gasteiger partial charge in [0.2, 0.25) is 0 Å². The Labute approximate surface area is 233 Å². The molecule has 5 nitrogen and oxygen atoms in total. The molecule has 1 heterocycles. The van der Waals surface area contributed by atoms with Gasteiger partial charge >= 0.3 is 5.97 Å². The monoisotopic (exact) mass is 543 g/mol. The lowest BCUT2D eigenvalue weighted by atomic mass is 10.0. The zero-order chi connectivity index (χ0) is 25.9. The molecule has 2 N–H and O–H groups in total. The van der Waals surface area contributed by atoms with Gasteiger partial charge in [0.05, 0.1) is 12.2 Å². The molecule has 0 spiro atoms. The van der Waals surface area contributed by atoms with E-state index in [1.807, 2.05) is 6.07 Å². The fraction of sp³-hybridized carbons (Fsp3) is 0.367. The molecule has 0 aliphatic carbocycles. The lowest BCUT2D eigenvalue weighted by molar-refractivity contribution is 0.0500. The summed E-state index contributed by atoms with van der Waals surface area (Å²) in [6.07, 6.45) is 5.23. The third-order valence-electron chi connectivity index (χ3n) is 6.15. The molecule has 4 rings (SSSR count). The first kappa shape index (κ1) is 30.5. The van der Waals surface area contributed by atoms with Crippen LogP contribution < -0.4 is 10.6 Å². The van der Waals surface area contributed by atoms with Crippen molar-refractivity contribution >= 4 is 47.0 Å². The normalized spacial score (nSPS) is 11.9. The Bertz CT molecular complexity index is 1120. The number of carbonyl (C=O) groups is 1. The van der Waals surface area contributed by atoms with Crippen molar-refractivity contribution in [2.75, 3.05) is 44.4 Å². The van der Waals surface area contributed by atoms with E-state index in [9.17, 15) is 4.79 Å². The second kappa shape index (κ2) is 15.5. The minimum absolute atomic E-state index is 0. The van der Waals surface area contributed by atoms with Gasteiger partial charge in [-0.3, -0.25) is 0 Å². The summed E-state index contributed by atoms with van der Waals surface area (Å²) in [4.78, 5) is 16.1. The van der Waals surface area contributed by atoms with Crippen LogP contribution in [0.25, 0.3) is 0 Å². The number of nitrogen functional groups attached to an aromatic ring is 1. The Kier molecular flexibility index (Phi) is 12.8. The molecule has 0 bridgehead atoms. The molecule has 1 aliphatic rings. The maximum Gasteiger partial charge on any atom is 0.338 e. The van der Waals surface area contributed by atoms with Gasteiger partial charge in [-0.05, 0) is 99.9 Å². The molecule has 0 amide bonds. The first-order valence-electron chi connectivity index (χ1n) is 12.7. The van der Waals surface area contributed by atoms with E-state index in [1.165, 1.54) is 22.5 Å². The number of hydrogen-bond donors (Lipinski definition) is 1. The summed E-state index contributed by atoms with van der Waals surface area (Å²) in [5.74, 6) is -0.279. The molecule has 0 fully saturated rings. The van der Waals surface area contributed by atoms with Gasteiger partial charge in [-0.2, -0.15) is 0 Å². The molecule has 37 heavy (non-hydrogen) atoms. The van der Waals surface area contributed by atoms with Crippen LogP contribution in [0.5, 0.6) is 0 Å². The van der Waals surface area contributed by atoms with Crippen LogP contribution in [0.4, 0.5) is 17.1 Å². The average molecular weight is 545 g/mol. The number of fused-ring (bicyclic) bond motifs is 2. The number of rotatable bonds is 8. The zero-order valence-corrected chi connectivity index (χ0v) is 23.7. The summed E-state index contributed by atoms with van der Waals surface area (Å²) in [5, 5.41) is 0.816. The first-order chi connectivity index (χ1) is 17.4. The van der Waals surface area contributed by atoms with Gasteiger partial charge in [0.25, 0.3) is 0 Å². The average Bonchev–Trinajstić information content (AvgIpc) is 3.01. The molecule has 7 heteroatoms. The van der Waals surface area contributed by atoms with Gasteiger partial charge in [-0.25, -0.2) is 4.79 Å². The van der Waals surface area contributed by atoms with E-state index in [0.29, 0.717) is 17.9 Å². The molecule has 3 aromatic carbocycles. The van der Waals surface area contributed by atoms with Crippen molar-refractivity contribution in [3.8, 4) is 0 Å². The van der Waals surface area contributed by atoms with Gasteiger partial charge in [0.15, 0.2) is 0 Å². The fourth-order valence-corrected chi connectivity index (χ4v) is 4.35. The van der Waals surface area contributed by atoms with Gasteiger partial charge in [0.1, 0.15) is 0 Å². The number of nitrogens with two attached hydrogens (primary N) is 1. The quantitative estimate of drug-likeness (QED) is 0.185. The molecule has 3 aromatic rings. The smallest absolute Gasteiger partial charge is 0.338 e. The van der Waals surface area contributed by atoms with Crippen molar-refractivity contribution in [1.29, 1.82) is 0 Å². The third-order valence-corrected chi connectivity index (χ3v) is 6.38. The largest absolute Gasteiger partial charge is 0.462 e. The molecule has 0 radical (unpaired) electrons. The maximum atomic E-state index is 11.4. The highest BCUT2D eigenvalue weighted by Gasteiger charge is 2.20. The van der Waals surface area contributed by atoms with E-state index in [1.54, 1.807) is 24.3 Å². The van der Waals surface area contributed by atoms with E-state index in [4.69, 9.17) is 22.1 Å². The van der Waals surface area contributed by atoms with E-state index >= 15 is 0 Å². The van der Waals surface area contributed by atoms with Crippen LogP contribution in [0.2, 0.25) is 5.02 Å². The minimum Gasteiger partial charge on any atom is -0.462 e. The number of esters is 1. The number of nitrogens with zero attached hydrogens (tertiary/aromatic N) is 2. The highest BCUT2D eigenvalue weighted by molar-refractivity contribution is 6.30. The summed E-state index contributed by atoms with van der Waals surface area (Å²) in [6.45, 7) is 4.65. The predicted molar refractivity (Wildman–Crippen MR) is 159 cm³/mol. The van der Waals surface area contributed by atoms with Crippen LogP contribution in [-0.4, -0.2) is 44.7 Å². The van der Waals surface area contributed by atoms with Crippen molar-refractivity contribution in [3.05, 3.63) is 88.4 Å². The standard InChI is InChI=1S/C19H23ClN2.C11H15NO2.ClH/c1-21(2)12-5-13-22-18-7-4-3-6-15(18)8-9-16-10-11-17(20)14-19(16)22;1-2-3-8-14-11(13)9-4-6-10(12)7-5-9;/h3-4,6-7,10-11,14H,5,8-9,12-13H2,1-2H3;4-7H,2-3,8,12H2,1H3;1H. The molecule has 200 valence electrons. The molecular weight excluding hydrogens is 505 g/mol. The van der Waals surface area contributed by atoms with E-state index in [2.05, 4.69) is 67.2 Å². The van der Waals surface area contributed by atoms with Gasteiger partial charge in [0, 0.05) is 28.6 Å². The second-order valence-corrected chi connectivity index (χ2v) is 9.76. The van der Waals surface area contributed by atoms with Crippen LogP contribution in [-0.2, 0) is 17.6 Å². The Morgan fingerprint density at radius 3 is 2.32 bits per heavy atom. The van der Waals surface area contributed by atoms with Crippen molar-refractivity contribution in [1.82, 2.24) is 4.90 Å². The number of carbonyl (C=O) groups excluding carboxylic acids is 1. The van der Waals surface area contributed by atoms with E-state index in [-0.39, 0.29) is 18.4 Å². The highest BCUT2D eigenvalue weighted by Crippen LogP contribution is 2.37. The molecular formula is C30H39Cl2N3O2.